The van der Waals surface area contributed by atoms with E-state index in [4.69, 9.17) is 10.5 Å². The molecule has 1 fully saturated rings. The van der Waals surface area contributed by atoms with E-state index in [2.05, 4.69) is 52.1 Å². The van der Waals surface area contributed by atoms with Crippen LogP contribution in [0.1, 0.15) is 18.4 Å². The van der Waals surface area contributed by atoms with Gasteiger partial charge in [-0.3, -0.25) is 4.90 Å². The van der Waals surface area contributed by atoms with Crippen molar-refractivity contribution in [3.63, 3.8) is 0 Å². The lowest BCUT2D eigenvalue weighted by Gasteiger charge is -2.31. The van der Waals surface area contributed by atoms with Crippen LogP contribution in [-0.4, -0.2) is 37.2 Å². The molecule has 1 saturated heterocycles. The van der Waals surface area contributed by atoms with E-state index < -0.39 is 0 Å². The lowest BCUT2D eigenvalue weighted by molar-refractivity contribution is 0.0347. The predicted octanol–water partition coefficient (Wildman–Crippen LogP) is 2.39. The van der Waals surface area contributed by atoms with Gasteiger partial charge in [-0.1, -0.05) is 28.1 Å². The molecule has 0 aromatic heterocycles. The monoisotopic (exact) mass is 312 g/mol. The van der Waals surface area contributed by atoms with E-state index in [1.807, 2.05) is 0 Å². The Morgan fingerprint density at radius 3 is 2.72 bits per heavy atom. The Morgan fingerprint density at radius 1 is 1.44 bits per heavy atom. The van der Waals surface area contributed by atoms with Gasteiger partial charge in [-0.25, -0.2) is 0 Å². The molecule has 18 heavy (non-hydrogen) atoms. The first kappa shape index (κ1) is 14.0. The number of rotatable bonds is 5. The number of halogens is 1. The van der Waals surface area contributed by atoms with Crippen molar-refractivity contribution < 1.29 is 4.74 Å². The van der Waals surface area contributed by atoms with Gasteiger partial charge in [0.25, 0.3) is 0 Å². The van der Waals surface area contributed by atoms with Crippen LogP contribution in [0.2, 0.25) is 0 Å². The minimum absolute atomic E-state index is 0.301. The molecule has 1 aliphatic heterocycles. The fourth-order valence-electron chi connectivity index (χ4n) is 2.52. The van der Waals surface area contributed by atoms with Crippen molar-refractivity contribution in [1.82, 2.24) is 4.90 Å². The summed E-state index contributed by atoms with van der Waals surface area (Å²) < 4.78 is 6.87. The van der Waals surface area contributed by atoms with Gasteiger partial charge in [-0.2, -0.15) is 0 Å². The molecule has 0 saturated carbocycles. The molecule has 0 amide bonds. The highest BCUT2D eigenvalue weighted by Gasteiger charge is 2.27. The molecule has 3 nitrogen and oxygen atoms in total. The Balaban J connectivity index is 1.96. The molecule has 2 rings (SSSR count). The Morgan fingerprint density at radius 2 is 2.17 bits per heavy atom. The number of ether oxygens (including phenoxy) is 1. The summed E-state index contributed by atoms with van der Waals surface area (Å²) in [6.45, 7) is 2.44. The largest absolute Gasteiger partial charge is 0.377 e. The molecule has 2 unspecified atom stereocenters. The number of nitrogens with two attached hydrogens (primary N) is 1. The van der Waals surface area contributed by atoms with Crippen LogP contribution < -0.4 is 5.73 Å². The molecule has 0 bridgehead atoms. The topological polar surface area (TPSA) is 38.5 Å². The summed E-state index contributed by atoms with van der Waals surface area (Å²) in [4.78, 5) is 2.30. The van der Waals surface area contributed by atoms with Crippen LogP contribution in [0.3, 0.4) is 0 Å². The predicted molar refractivity (Wildman–Crippen MR) is 77.4 cm³/mol. The lowest BCUT2D eigenvalue weighted by Crippen LogP contribution is -2.45. The summed E-state index contributed by atoms with van der Waals surface area (Å²) in [6.07, 6.45) is 2.59. The van der Waals surface area contributed by atoms with Gasteiger partial charge in [-0.05, 0) is 37.6 Å². The maximum Gasteiger partial charge on any atom is 0.0743 e. The fraction of sp³-hybridized carbons (Fsp3) is 0.571. The van der Waals surface area contributed by atoms with Gasteiger partial charge < -0.3 is 10.5 Å². The number of hydrogen-bond acceptors (Lipinski definition) is 3. The number of nitrogens with zero attached hydrogens (tertiary/aromatic N) is 1. The molecule has 2 N–H and O–H groups in total. The second kappa shape index (κ2) is 6.66. The first-order valence-corrected chi connectivity index (χ1v) is 7.26. The number of likely N-dealkylation sites (N-methyl/N-ethyl adjacent to an activating group) is 1. The van der Waals surface area contributed by atoms with E-state index in [9.17, 15) is 0 Å². The van der Waals surface area contributed by atoms with Crippen LogP contribution in [0.25, 0.3) is 0 Å². The lowest BCUT2D eigenvalue weighted by atomic mass is 10.1. The Kier molecular flexibility index (Phi) is 5.18. The van der Waals surface area contributed by atoms with Crippen LogP contribution in [0, 0.1) is 0 Å². The van der Waals surface area contributed by atoms with Crippen LogP contribution >= 0.6 is 15.9 Å². The van der Waals surface area contributed by atoms with Gasteiger partial charge >= 0.3 is 0 Å². The van der Waals surface area contributed by atoms with Crippen molar-refractivity contribution >= 4 is 15.9 Å². The summed E-state index contributed by atoms with van der Waals surface area (Å²) in [7, 11) is 2.13. The third-order valence-electron chi connectivity index (χ3n) is 3.55. The van der Waals surface area contributed by atoms with Gasteiger partial charge in [0.2, 0.25) is 0 Å². The van der Waals surface area contributed by atoms with Gasteiger partial charge in [-0.15, -0.1) is 0 Å². The first-order chi connectivity index (χ1) is 8.70. The Hall–Kier alpha value is -0.420. The van der Waals surface area contributed by atoms with Crippen molar-refractivity contribution in [2.24, 2.45) is 5.73 Å². The minimum Gasteiger partial charge on any atom is -0.377 e. The molecule has 4 heteroatoms. The average Bonchev–Trinajstić information content (AvgIpc) is 2.87. The standard InChI is InChI=1S/C14H21BrN2O/c1-17(10-11-4-6-12(15)7-5-11)13(9-16)14-3-2-8-18-14/h4-7,13-14H,2-3,8-10,16H2,1H3. The Bertz CT molecular complexity index is 363. The average molecular weight is 313 g/mol. The maximum absolute atomic E-state index is 5.90. The van der Waals surface area contributed by atoms with E-state index >= 15 is 0 Å². The number of benzene rings is 1. The molecular weight excluding hydrogens is 292 g/mol. The molecule has 1 heterocycles. The molecule has 0 spiro atoms. The summed E-state index contributed by atoms with van der Waals surface area (Å²) in [6, 6.07) is 8.75. The van der Waals surface area contributed by atoms with Gasteiger partial charge in [0.1, 0.15) is 0 Å². The zero-order chi connectivity index (χ0) is 13.0. The Labute approximate surface area is 117 Å². The third kappa shape index (κ3) is 3.54. The van der Waals surface area contributed by atoms with Crippen molar-refractivity contribution in [1.29, 1.82) is 0 Å². The fourth-order valence-corrected chi connectivity index (χ4v) is 2.78. The van der Waals surface area contributed by atoms with Crippen molar-refractivity contribution in [2.75, 3.05) is 20.2 Å². The van der Waals surface area contributed by atoms with Crippen molar-refractivity contribution in [2.45, 2.75) is 31.5 Å². The SMILES string of the molecule is CN(Cc1ccc(Br)cc1)C(CN)C1CCCO1. The molecule has 0 aliphatic carbocycles. The zero-order valence-corrected chi connectivity index (χ0v) is 12.4. The first-order valence-electron chi connectivity index (χ1n) is 6.47. The summed E-state index contributed by atoms with van der Waals surface area (Å²) in [5.41, 5.74) is 7.21. The van der Waals surface area contributed by atoms with Crippen LogP contribution in [0.15, 0.2) is 28.7 Å². The van der Waals surface area contributed by atoms with Gasteiger partial charge in [0, 0.05) is 30.2 Å². The quantitative estimate of drug-likeness (QED) is 0.907. The highest BCUT2D eigenvalue weighted by Crippen LogP contribution is 2.20. The summed E-state index contributed by atoms with van der Waals surface area (Å²) >= 11 is 3.45. The molecule has 2 atom stereocenters. The third-order valence-corrected chi connectivity index (χ3v) is 4.08. The summed E-state index contributed by atoms with van der Waals surface area (Å²) in [5.74, 6) is 0. The van der Waals surface area contributed by atoms with E-state index in [-0.39, 0.29) is 0 Å². The molecular formula is C14H21BrN2O. The minimum atomic E-state index is 0.301. The molecule has 0 radical (unpaired) electrons. The van der Waals surface area contributed by atoms with Crippen molar-refractivity contribution in [3.05, 3.63) is 34.3 Å². The maximum atomic E-state index is 5.90. The normalized spacial score (nSPS) is 21.4. The second-order valence-corrected chi connectivity index (χ2v) is 5.81. The molecule has 1 aliphatic rings. The van der Waals surface area contributed by atoms with E-state index in [0.717, 1.165) is 30.5 Å². The van der Waals surface area contributed by atoms with Crippen LogP contribution in [0.4, 0.5) is 0 Å². The van der Waals surface area contributed by atoms with E-state index in [0.29, 0.717) is 18.7 Å². The molecule has 1 aromatic carbocycles. The molecule has 100 valence electrons. The smallest absolute Gasteiger partial charge is 0.0743 e. The van der Waals surface area contributed by atoms with Crippen molar-refractivity contribution in [3.8, 4) is 0 Å². The van der Waals surface area contributed by atoms with E-state index in [1.165, 1.54) is 5.56 Å². The second-order valence-electron chi connectivity index (χ2n) is 4.90. The van der Waals surface area contributed by atoms with E-state index in [1.54, 1.807) is 0 Å². The highest BCUT2D eigenvalue weighted by atomic mass is 79.9. The van der Waals surface area contributed by atoms with Gasteiger partial charge in [0.15, 0.2) is 0 Å². The zero-order valence-electron chi connectivity index (χ0n) is 10.8. The highest BCUT2D eigenvalue weighted by molar-refractivity contribution is 9.10. The number of hydrogen-bond donors (Lipinski definition) is 1. The van der Waals surface area contributed by atoms with Crippen LogP contribution in [-0.2, 0) is 11.3 Å². The summed E-state index contributed by atoms with van der Waals surface area (Å²) in [5, 5.41) is 0. The van der Waals surface area contributed by atoms with Gasteiger partial charge in [0.05, 0.1) is 6.10 Å². The molecule has 1 aromatic rings. The van der Waals surface area contributed by atoms with Crippen LogP contribution in [0.5, 0.6) is 0 Å².